The molecule has 2 heterocycles. The molecule has 19 heavy (non-hydrogen) atoms. The van der Waals surface area contributed by atoms with Crippen LogP contribution in [0.1, 0.15) is 28.8 Å². The van der Waals surface area contributed by atoms with E-state index < -0.39 is 11.4 Å². The Labute approximate surface area is 111 Å². The molecular formula is C14H16N2O3. The van der Waals surface area contributed by atoms with E-state index in [0.29, 0.717) is 30.9 Å². The zero-order chi connectivity index (χ0) is 13.8. The maximum Gasteiger partial charge on any atom is 0.258 e. The number of carbonyl (C=O) groups is 2. The normalized spacial score (nSPS) is 28.1. The van der Waals surface area contributed by atoms with Gasteiger partial charge in [-0.25, -0.2) is 0 Å². The number of nitrogens with zero attached hydrogens (tertiary/aromatic N) is 1. The highest BCUT2D eigenvalue weighted by molar-refractivity contribution is 6.03. The molecule has 2 amide bonds. The molecule has 1 aliphatic carbocycles. The summed E-state index contributed by atoms with van der Waals surface area (Å²) in [6.45, 7) is 2.32. The van der Waals surface area contributed by atoms with Gasteiger partial charge in [0.25, 0.3) is 5.91 Å². The first-order valence-corrected chi connectivity index (χ1v) is 6.36. The molecule has 100 valence electrons. The molecule has 1 aromatic carbocycles. The molecule has 2 saturated heterocycles. The zero-order valence-electron chi connectivity index (χ0n) is 10.7. The molecule has 0 spiro atoms. The largest absolute Gasteiger partial charge is 0.507 e. The number of fused-ring (bicyclic) bond motifs is 1. The van der Waals surface area contributed by atoms with Gasteiger partial charge in [-0.1, -0.05) is 12.1 Å². The van der Waals surface area contributed by atoms with Crippen LogP contribution in [0.4, 0.5) is 0 Å². The van der Waals surface area contributed by atoms with Gasteiger partial charge in [0.05, 0.1) is 5.56 Å². The maximum absolute atomic E-state index is 12.6. The van der Waals surface area contributed by atoms with E-state index in [1.54, 1.807) is 24.0 Å². The molecule has 1 aromatic rings. The fourth-order valence-corrected chi connectivity index (χ4v) is 3.35. The minimum Gasteiger partial charge on any atom is -0.507 e. The number of phenolic OH excluding ortho intramolecular Hbond substituents is 1. The average Bonchev–Trinajstić information content (AvgIpc) is 2.83. The quantitative estimate of drug-likeness (QED) is 0.824. The first-order chi connectivity index (χ1) is 8.95. The van der Waals surface area contributed by atoms with Crippen LogP contribution in [-0.4, -0.2) is 33.9 Å². The molecule has 5 nitrogen and oxygen atoms in total. The van der Waals surface area contributed by atoms with Crippen LogP contribution in [0.25, 0.3) is 0 Å². The number of nitrogens with two attached hydrogens (primary N) is 1. The van der Waals surface area contributed by atoms with Crippen LogP contribution in [0.15, 0.2) is 18.2 Å². The van der Waals surface area contributed by atoms with Crippen LogP contribution in [0, 0.1) is 12.8 Å². The fourth-order valence-electron chi connectivity index (χ4n) is 3.35. The van der Waals surface area contributed by atoms with Gasteiger partial charge in [-0.2, -0.15) is 0 Å². The van der Waals surface area contributed by atoms with Gasteiger partial charge in [0.2, 0.25) is 5.91 Å². The molecule has 3 N–H and O–H groups in total. The number of primary amides is 1. The van der Waals surface area contributed by atoms with E-state index in [4.69, 9.17) is 5.73 Å². The third kappa shape index (κ3) is 1.47. The standard InChI is InChI=1S/C14H16N2O3/c1-8-3-2-4-10(17)11(8)12(18)16-7-9-5-14(16,6-9)13(15)19/h2-4,9,17H,5-7H2,1H3,(H2,15,19). The number of carbonyl (C=O) groups excluding carboxylic acids is 2. The molecule has 3 fully saturated rings. The Bertz CT molecular complexity index is 556. The number of aromatic hydroxyl groups is 1. The van der Waals surface area contributed by atoms with Gasteiger partial charge in [0.15, 0.2) is 0 Å². The molecule has 2 aliphatic heterocycles. The summed E-state index contributed by atoms with van der Waals surface area (Å²) >= 11 is 0. The molecule has 0 unspecified atom stereocenters. The van der Waals surface area contributed by atoms with Crippen LogP contribution in [0.3, 0.4) is 0 Å². The maximum atomic E-state index is 12.6. The molecule has 5 heteroatoms. The summed E-state index contributed by atoms with van der Waals surface area (Å²) < 4.78 is 0. The fraction of sp³-hybridized carbons (Fsp3) is 0.429. The monoisotopic (exact) mass is 260 g/mol. The Morgan fingerprint density at radius 3 is 2.68 bits per heavy atom. The van der Waals surface area contributed by atoms with Crippen LogP contribution >= 0.6 is 0 Å². The van der Waals surface area contributed by atoms with Gasteiger partial charge in [-0.05, 0) is 37.3 Å². The van der Waals surface area contributed by atoms with Crippen LogP contribution in [0.2, 0.25) is 0 Å². The highest BCUT2D eigenvalue weighted by Crippen LogP contribution is 2.51. The zero-order valence-corrected chi connectivity index (χ0v) is 10.7. The van der Waals surface area contributed by atoms with E-state index in [-0.39, 0.29) is 17.2 Å². The molecule has 0 aromatic heterocycles. The minimum absolute atomic E-state index is 0.0475. The highest BCUT2D eigenvalue weighted by Gasteiger charge is 2.61. The van der Waals surface area contributed by atoms with Gasteiger partial charge in [0, 0.05) is 6.54 Å². The van der Waals surface area contributed by atoms with Crippen molar-refractivity contribution in [3.8, 4) is 5.75 Å². The smallest absolute Gasteiger partial charge is 0.258 e. The molecule has 4 rings (SSSR count). The Morgan fingerprint density at radius 2 is 2.11 bits per heavy atom. The van der Waals surface area contributed by atoms with E-state index >= 15 is 0 Å². The topological polar surface area (TPSA) is 83.6 Å². The summed E-state index contributed by atoms with van der Waals surface area (Å²) in [5.74, 6) is -0.423. The van der Waals surface area contributed by atoms with Gasteiger partial charge < -0.3 is 15.7 Å². The van der Waals surface area contributed by atoms with Crippen molar-refractivity contribution in [3.05, 3.63) is 29.3 Å². The van der Waals surface area contributed by atoms with Crippen LogP contribution in [-0.2, 0) is 4.79 Å². The number of rotatable bonds is 2. The molecular weight excluding hydrogens is 244 g/mol. The van der Waals surface area contributed by atoms with E-state index in [9.17, 15) is 14.7 Å². The molecule has 2 bridgehead atoms. The molecule has 3 aliphatic rings. The van der Waals surface area contributed by atoms with Crippen molar-refractivity contribution in [1.82, 2.24) is 4.90 Å². The second-order valence-corrected chi connectivity index (χ2v) is 5.55. The van der Waals surface area contributed by atoms with Gasteiger partial charge in [-0.3, -0.25) is 9.59 Å². The summed E-state index contributed by atoms with van der Waals surface area (Å²) in [6.07, 6.45) is 1.31. The Kier molecular flexibility index (Phi) is 2.36. The van der Waals surface area contributed by atoms with Crippen molar-refractivity contribution in [2.45, 2.75) is 25.3 Å². The van der Waals surface area contributed by atoms with Crippen molar-refractivity contribution in [2.75, 3.05) is 6.54 Å². The lowest BCUT2D eigenvalue weighted by molar-refractivity contribution is -0.129. The van der Waals surface area contributed by atoms with E-state index in [2.05, 4.69) is 0 Å². The summed E-state index contributed by atoms with van der Waals surface area (Å²) in [7, 11) is 0. The summed E-state index contributed by atoms with van der Waals surface area (Å²) in [5, 5.41) is 9.88. The van der Waals surface area contributed by atoms with Crippen molar-refractivity contribution >= 4 is 11.8 Å². The highest BCUT2D eigenvalue weighted by atomic mass is 16.3. The minimum atomic E-state index is -0.823. The Hall–Kier alpha value is -2.04. The lowest BCUT2D eigenvalue weighted by atomic mass is 9.72. The van der Waals surface area contributed by atoms with Crippen molar-refractivity contribution in [1.29, 1.82) is 0 Å². The number of hydrogen-bond donors (Lipinski definition) is 2. The number of aryl methyl sites for hydroxylation is 1. The summed E-state index contributed by atoms with van der Waals surface area (Å²) in [5.41, 5.74) is 5.61. The van der Waals surface area contributed by atoms with Crippen molar-refractivity contribution in [3.63, 3.8) is 0 Å². The SMILES string of the molecule is Cc1cccc(O)c1C(=O)N1CC2CC1(C(N)=O)C2. The van der Waals surface area contributed by atoms with Gasteiger partial charge in [0.1, 0.15) is 11.3 Å². The van der Waals surface area contributed by atoms with E-state index in [0.717, 1.165) is 0 Å². The predicted molar refractivity (Wildman–Crippen MR) is 68.5 cm³/mol. The predicted octanol–water partition coefficient (Wildman–Crippen LogP) is 0.791. The van der Waals surface area contributed by atoms with E-state index in [1.165, 1.54) is 6.07 Å². The third-order valence-electron chi connectivity index (χ3n) is 4.38. The van der Waals surface area contributed by atoms with Gasteiger partial charge in [-0.15, -0.1) is 0 Å². The summed E-state index contributed by atoms with van der Waals surface area (Å²) in [6, 6.07) is 4.94. The first-order valence-electron chi connectivity index (χ1n) is 6.36. The summed E-state index contributed by atoms with van der Waals surface area (Å²) in [4.78, 5) is 25.8. The van der Waals surface area contributed by atoms with Crippen LogP contribution < -0.4 is 5.73 Å². The lowest BCUT2D eigenvalue weighted by Gasteiger charge is -2.39. The second-order valence-electron chi connectivity index (χ2n) is 5.55. The third-order valence-corrected chi connectivity index (χ3v) is 4.38. The average molecular weight is 260 g/mol. The molecule has 0 atom stereocenters. The Balaban J connectivity index is 2.00. The van der Waals surface area contributed by atoms with Crippen molar-refractivity contribution in [2.24, 2.45) is 11.7 Å². The first kappa shape index (κ1) is 12.0. The Morgan fingerprint density at radius 1 is 1.42 bits per heavy atom. The molecule has 0 radical (unpaired) electrons. The molecule has 1 saturated carbocycles. The van der Waals surface area contributed by atoms with E-state index in [1.807, 2.05) is 0 Å². The number of benzene rings is 1. The lowest BCUT2D eigenvalue weighted by Crippen LogP contribution is -2.57. The number of amides is 2. The van der Waals surface area contributed by atoms with Crippen molar-refractivity contribution < 1.29 is 14.7 Å². The number of phenols is 1. The number of hydrogen-bond acceptors (Lipinski definition) is 3. The second kappa shape index (κ2) is 3.73. The van der Waals surface area contributed by atoms with Gasteiger partial charge >= 0.3 is 0 Å². The van der Waals surface area contributed by atoms with Crippen LogP contribution in [0.5, 0.6) is 5.75 Å².